The van der Waals surface area contributed by atoms with Crippen LogP contribution in [0.15, 0.2) is 24.8 Å². The predicted octanol–water partition coefficient (Wildman–Crippen LogP) is 1.63. The van der Waals surface area contributed by atoms with Crippen LogP contribution in [-0.2, 0) is 4.74 Å². The first-order valence-corrected chi connectivity index (χ1v) is 5.45. The summed E-state index contributed by atoms with van der Waals surface area (Å²) in [4.78, 5) is 11.7. The van der Waals surface area contributed by atoms with Crippen molar-refractivity contribution < 1.29 is 18.7 Å². The molecular formula is C12H20N2O2+2. The molecule has 1 aromatic rings. The minimum atomic E-state index is -0.464. The maximum atomic E-state index is 11.7. The molecule has 0 aliphatic rings. The molecule has 0 spiro atoms. The highest BCUT2D eigenvalue weighted by atomic mass is 16.6. The summed E-state index contributed by atoms with van der Waals surface area (Å²) in [7, 11) is 0. The third-order valence-corrected chi connectivity index (χ3v) is 2.00. The molecule has 0 saturated carbocycles. The van der Waals surface area contributed by atoms with Gasteiger partial charge in [0.25, 0.3) is 0 Å². The summed E-state index contributed by atoms with van der Waals surface area (Å²) < 4.78 is 8.69. The quantitative estimate of drug-likeness (QED) is 0.679. The Labute approximate surface area is 96.5 Å². The van der Waals surface area contributed by atoms with Crippen molar-refractivity contribution >= 4 is 6.09 Å². The van der Waals surface area contributed by atoms with E-state index in [0.29, 0.717) is 6.04 Å². The molecule has 0 bridgehead atoms. The van der Waals surface area contributed by atoms with Gasteiger partial charge in [-0.1, -0.05) is 4.57 Å². The summed E-state index contributed by atoms with van der Waals surface area (Å²) in [6.45, 7) is 9.71. The average Bonchev–Trinajstić information content (AvgIpc) is 2.15. The summed E-state index contributed by atoms with van der Waals surface area (Å²) in [5, 5.41) is 0. The van der Waals surface area contributed by atoms with Gasteiger partial charge < -0.3 is 4.74 Å². The van der Waals surface area contributed by atoms with Crippen LogP contribution < -0.4 is 9.13 Å². The number of carbonyl (C=O) groups excluding carboxylic acids is 1. The summed E-state index contributed by atoms with van der Waals surface area (Å²) in [5.41, 5.74) is -0.464. The molecule has 0 unspecified atom stereocenters. The number of aromatic nitrogens is 2. The van der Waals surface area contributed by atoms with Gasteiger partial charge >= 0.3 is 6.09 Å². The van der Waals surface area contributed by atoms with Crippen LogP contribution in [0.25, 0.3) is 0 Å². The second-order valence-electron chi connectivity index (χ2n) is 5.02. The fourth-order valence-corrected chi connectivity index (χ4v) is 1.18. The Hall–Kier alpha value is -1.45. The van der Waals surface area contributed by atoms with Crippen LogP contribution in [0.4, 0.5) is 4.79 Å². The van der Waals surface area contributed by atoms with E-state index in [2.05, 4.69) is 13.8 Å². The standard InChI is InChI=1S/C12H20N2O2/c1-10(2)13-6-8-14(9-7-13)11(15)16-12(3,4)5/h6-10H,1-5H3/q+2. The van der Waals surface area contributed by atoms with Crippen molar-refractivity contribution in [3.8, 4) is 0 Å². The summed E-state index contributed by atoms with van der Waals surface area (Å²) >= 11 is 0. The number of carbonyl (C=O) groups is 1. The molecule has 0 amide bonds. The van der Waals surface area contributed by atoms with Crippen LogP contribution in [0.3, 0.4) is 0 Å². The molecule has 0 saturated heterocycles. The van der Waals surface area contributed by atoms with Crippen LogP contribution in [0, 0.1) is 0 Å². The highest BCUT2D eigenvalue weighted by molar-refractivity contribution is 5.57. The first-order chi connectivity index (χ1) is 7.29. The van der Waals surface area contributed by atoms with E-state index in [-0.39, 0.29) is 6.09 Å². The van der Waals surface area contributed by atoms with E-state index in [4.69, 9.17) is 4.74 Å². The van der Waals surface area contributed by atoms with E-state index < -0.39 is 5.60 Å². The topological polar surface area (TPSA) is 34.1 Å². The van der Waals surface area contributed by atoms with Gasteiger partial charge in [0.15, 0.2) is 6.04 Å². The fourth-order valence-electron chi connectivity index (χ4n) is 1.18. The van der Waals surface area contributed by atoms with E-state index in [1.807, 2.05) is 37.7 Å². The zero-order valence-corrected chi connectivity index (χ0v) is 10.6. The maximum absolute atomic E-state index is 11.7. The smallest absolute Gasteiger partial charge is 0.406 e. The molecule has 1 rings (SSSR count). The predicted molar refractivity (Wildman–Crippen MR) is 58.8 cm³/mol. The van der Waals surface area contributed by atoms with Gasteiger partial charge in [0, 0.05) is 0 Å². The monoisotopic (exact) mass is 224 g/mol. The largest absolute Gasteiger partial charge is 0.602 e. The molecule has 1 aromatic heterocycles. The number of ether oxygens (including phenoxy) is 1. The zero-order valence-electron chi connectivity index (χ0n) is 10.6. The highest BCUT2D eigenvalue weighted by Crippen LogP contribution is 2.05. The van der Waals surface area contributed by atoms with Crippen molar-refractivity contribution in [1.29, 1.82) is 0 Å². The Morgan fingerprint density at radius 1 is 1.12 bits per heavy atom. The summed E-state index contributed by atoms with van der Waals surface area (Å²) in [5.74, 6) is 0. The number of hydrogen-bond acceptors (Lipinski definition) is 2. The van der Waals surface area contributed by atoms with Gasteiger partial charge in [0.1, 0.15) is 5.60 Å². The molecule has 0 atom stereocenters. The molecule has 16 heavy (non-hydrogen) atoms. The van der Waals surface area contributed by atoms with E-state index in [9.17, 15) is 4.79 Å². The van der Waals surface area contributed by atoms with E-state index in [1.165, 1.54) is 4.57 Å². The van der Waals surface area contributed by atoms with E-state index in [0.717, 1.165) is 0 Å². The lowest BCUT2D eigenvalue weighted by Gasteiger charge is -2.15. The molecule has 1 heterocycles. The third kappa shape index (κ3) is 3.61. The first-order valence-electron chi connectivity index (χ1n) is 5.45. The van der Waals surface area contributed by atoms with Crippen LogP contribution in [0.1, 0.15) is 40.7 Å². The zero-order chi connectivity index (χ0) is 12.3. The molecular weight excluding hydrogens is 204 g/mol. The molecule has 0 aliphatic heterocycles. The van der Waals surface area contributed by atoms with Crippen LogP contribution in [-0.4, -0.2) is 11.7 Å². The van der Waals surface area contributed by atoms with Gasteiger partial charge in [-0.2, -0.15) is 9.36 Å². The molecule has 0 fully saturated rings. The minimum absolute atomic E-state index is 0.358. The number of nitrogens with zero attached hydrogens (tertiary/aromatic N) is 2. The Morgan fingerprint density at radius 3 is 2.00 bits per heavy atom. The molecule has 88 valence electrons. The molecule has 0 radical (unpaired) electrons. The maximum Gasteiger partial charge on any atom is 0.602 e. The lowest BCUT2D eigenvalue weighted by Crippen LogP contribution is -2.49. The van der Waals surface area contributed by atoms with Crippen molar-refractivity contribution in [1.82, 2.24) is 0 Å². The Kier molecular flexibility index (Phi) is 3.62. The summed E-state index contributed by atoms with van der Waals surface area (Å²) in [6.07, 6.45) is 6.76. The minimum Gasteiger partial charge on any atom is -0.406 e. The van der Waals surface area contributed by atoms with E-state index in [1.54, 1.807) is 12.4 Å². The lowest BCUT2D eigenvalue weighted by atomic mass is 10.2. The second kappa shape index (κ2) is 4.60. The second-order valence-corrected chi connectivity index (χ2v) is 5.02. The molecule has 4 nitrogen and oxygen atoms in total. The SMILES string of the molecule is CC(C)[n+]1cc[n+](C(=O)OC(C)(C)C)cc1. The van der Waals surface area contributed by atoms with Gasteiger partial charge in [0.05, 0.1) is 0 Å². The normalized spacial score (nSPS) is 11.6. The first kappa shape index (κ1) is 12.6. The Bertz CT molecular complexity index is 364. The Balaban J connectivity index is 2.78. The molecule has 0 N–H and O–H groups in total. The highest BCUT2D eigenvalue weighted by Gasteiger charge is 2.25. The number of hydrogen-bond donors (Lipinski definition) is 0. The van der Waals surface area contributed by atoms with Crippen molar-refractivity contribution in [3.63, 3.8) is 0 Å². The molecule has 0 aliphatic carbocycles. The van der Waals surface area contributed by atoms with Gasteiger partial charge in [-0.05, 0) is 34.6 Å². The lowest BCUT2D eigenvalue weighted by molar-refractivity contribution is -0.735. The van der Waals surface area contributed by atoms with Gasteiger partial charge in [0.2, 0.25) is 24.8 Å². The molecule has 0 aromatic carbocycles. The van der Waals surface area contributed by atoms with Crippen molar-refractivity contribution in [2.45, 2.75) is 46.3 Å². The van der Waals surface area contributed by atoms with Gasteiger partial charge in [-0.3, -0.25) is 0 Å². The van der Waals surface area contributed by atoms with Crippen LogP contribution in [0.5, 0.6) is 0 Å². The van der Waals surface area contributed by atoms with Crippen LogP contribution >= 0.6 is 0 Å². The van der Waals surface area contributed by atoms with Gasteiger partial charge in [-0.15, -0.1) is 0 Å². The average molecular weight is 224 g/mol. The fraction of sp³-hybridized carbons (Fsp3) is 0.583. The van der Waals surface area contributed by atoms with Crippen molar-refractivity contribution in [3.05, 3.63) is 24.8 Å². The summed E-state index contributed by atoms with van der Waals surface area (Å²) in [6, 6.07) is 0.383. The number of rotatable bonds is 1. The van der Waals surface area contributed by atoms with Crippen LogP contribution in [0.2, 0.25) is 0 Å². The Morgan fingerprint density at radius 2 is 1.62 bits per heavy atom. The van der Waals surface area contributed by atoms with Gasteiger partial charge in [-0.25, -0.2) is 0 Å². The van der Waals surface area contributed by atoms with E-state index >= 15 is 0 Å². The third-order valence-electron chi connectivity index (χ3n) is 2.00. The molecule has 4 heteroatoms. The van der Waals surface area contributed by atoms with Crippen molar-refractivity contribution in [2.75, 3.05) is 0 Å². The van der Waals surface area contributed by atoms with Crippen molar-refractivity contribution in [2.24, 2.45) is 0 Å².